The predicted molar refractivity (Wildman–Crippen MR) is 126 cm³/mol. The molecule has 6 nitrogen and oxygen atoms in total. The van der Waals surface area contributed by atoms with E-state index in [-0.39, 0.29) is 29.8 Å². The van der Waals surface area contributed by atoms with Crippen LogP contribution in [-0.4, -0.2) is 30.2 Å². The Hall–Kier alpha value is -2.93. The highest BCUT2D eigenvalue weighted by molar-refractivity contribution is 7.80. The van der Waals surface area contributed by atoms with Crippen molar-refractivity contribution in [3.8, 4) is 5.75 Å². The first-order valence-electron chi connectivity index (χ1n) is 10.6. The SMILES string of the molecule is CCCCOc1ccc(NC(=S)NC(=O)CCC(=O)OCCCc2ccccc2)cc1. The molecule has 0 bridgehead atoms. The van der Waals surface area contributed by atoms with Crippen LogP contribution in [0, 0.1) is 0 Å². The Kier molecular flexibility index (Phi) is 11.1. The van der Waals surface area contributed by atoms with Crippen LogP contribution in [0.15, 0.2) is 54.6 Å². The Bertz CT molecular complexity index is 825. The molecule has 0 aliphatic carbocycles. The number of ether oxygens (including phenoxy) is 2. The summed E-state index contributed by atoms with van der Waals surface area (Å²) in [5, 5.41) is 5.69. The van der Waals surface area contributed by atoms with Gasteiger partial charge in [-0.2, -0.15) is 0 Å². The highest BCUT2D eigenvalue weighted by atomic mass is 32.1. The maximum absolute atomic E-state index is 12.0. The van der Waals surface area contributed by atoms with Gasteiger partial charge >= 0.3 is 5.97 Å². The van der Waals surface area contributed by atoms with Crippen molar-refractivity contribution in [2.45, 2.75) is 45.4 Å². The lowest BCUT2D eigenvalue weighted by molar-refractivity contribution is -0.145. The van der Waals surface area contributed by atoms with Gasteiger partial charge in [0.25, 0.3) is 0 Å². The van der Waals surface area contributed by atoms with E-state index in [1.54, 1.807) is 0 Å². The first-order chi connectivity index (χ1) is 15.1. The number of carbonyl (C=O) groups excluding carboxylic acids is 2. The quantitative estimate of drug-likeness (QED) is 0.283. The molecule has 7 heteroatoms. The molecule has 1 amide bonds. The normalized spacial score (nSPS) is 10.2. The van der Waals surface area contributed by atoms with Gasteiger partial charge in [0.2, 0.25) is 5.91 Å². The topological polar surface area (TPSA) is 76.7 Å². The summed E-state index contributed by atoms with van der Waals surface area (Å²) in [6, 6.07) is 17.4. The predicted octanol–water partition coefficient (Wildman–Crippen LogP) is 4.63. The first-order valence-corrected chi connectivity index (χ1v) is 11.0. The Morgan fingerprint density at radius 2 is 1.68 bits per heavy atom. The van der Waals surface area contributed by atoms with Gasteiger partial charge in [0.1, 0.15) is 5.75 Å². The molecule has 0 aromatic heterocycles. The molecular formula is C24H30N2O4S. The second kappa shape index (κ2) is 14.1. The number of thiocarbonyl (C=S) groups is 1. The van der Waals surface area contributed by atoms with Gasteiger partial charge in [0.05, 0.1) is 19.6 Å². The molecule has 0 unspecified atom stereocenters. The molecule has 0 radical (unpaired) electrons. The molecule has 0 heterocycles. The van der Waals surface area contributed by atoms with Gasteiger partial charge in [-0.3, -0.25) is 9.59 Å². The van der Waals surface area contributed by atoms with E-state index < -0.39 is 0 Å². The molecule has 0 atom stereocenters. The fourth-order valence-electron chi connectivity index (χ4n) is 2.72. The number of rotatable bonds is 12. The monoisotopic (exact) mass is 442 g/mol. The fourth-order valence-corrected chi connectivity index (χ4v) is 2.95. The Balaban J connectivity index is 1.58. The molecule has 0 fully saturated rings. The molecule has 0 aliphatic rings. The standard InChI is InChI=1S/C24H30N2O4S/c1-2-3-17-29-21-13-11-20(12-14-21)25-24(31)26-22(27)15-16-23(28)30-18-7-10-19-8-5-4-6-9-19/h4-6,8-9,11-14H,2-3,7,10,15-18H2,1H3,(H2,25,26,27,31). The summed E-state index contributed by atoms with van der Waals surface area (Å²) in [6.45, 7) is 3.14. The van der Waals surface area contributed by atoms with E-state index in [1.807, 2.05) is 54.6 Å². The number of benzene rings is 2. The van der Waals surface area contributed by atoms with Crippen molar-refractivity contribution in [2.24, 2.45) is 0 Å². The molecule has 2 aromatic carbocycles. The third-order valence-electron chi connectivity index (χ3n) is 4.40. The molecule has 0 saturated carbocycles. The van der Waals surface area contributed by atoms with E-state index in [0.717, 1.165) is 37.1 Å². The minimum absolute atomic E-state index is 0.0174. The van der Waals surface area contributed by atoms with Crippen molar-refractivity contribution in [3.63, 3.8) is 0 Å². The Morgan fingerprint density at radius 3 is 2.39 bits per heavy atom. The van der Waals surface area contributed by atoms with E-state index in [0.29, 0.717) is 13.2 Å². The third kappa shape index (κ3) is 10.6. The minimum atomic E-state index is -0.388. The van der Waals surface area contributed by atoms with Crippen LogP contribution in [0.4, 0.5) is 5.69 Å². The summed E-state index contributed by atoms with van der Waals surface area (Å²) in [4.78, 5) is 23.8. The largest absolute Gasteiger partial charge is 0.494 e. The van der Waals surface area contributed by atoms with Crippen LogP contribution in [0.3, 0.4) is 0 Å². The zero-order valence-corrected chi connectivity index (χ0v) is 18.7. The van der Waals surface area contributed by atoms with E-state index in [4.69, 9.17) is 21.7 Å². The van der Waals surface area contributed by atoms with E-state index in [1.165, 1.54) is 5.56 Å². The van der Waals surface area contributed by atoms with Gasteiger partial charge in [-0.1, -0.05) is 43.7 Å². The summed E-state index contributed by atoms with van der Waals surface area (Å²) in [5.74, 6) is 0.0650. The Labute approximate surface area is 189 Å². The average Bonchev–Trinajstić information content (AvgIpc) is 2.77. The van der Waals surface area contributed by atoms with Gasteiger partial charge in [-0.05, 0) is 61.3 Å². The maximum atomic E-state index is 12.0. The summed E-state index contributed by atoms with van der Waals surface area (Å²) >= 11 is 5.15. The molecule has 31 heavy (non-hydrogen) atoms. The number of hydrogen-bond donors (Lipinski definition) is 2. The van der Waals surface area contributed by atoms with E-state index in [9.17, 15) is 9.59 Å². The second-order valence-electron chi connectivity index (χ2n) is 7.04. The van der Waals surface area contributed by atoms with Crippen LogP contribution < -0.4 is 15.4 Å². The zero-order chi connectivity index (χ0) is 22.3. The fraction of sp³-hybridized carbons (Fsp3) is 0.375. The van der Waals surface area contributed by atoms with Gasteiger partial charge < -0.3 is 20.1 Å². The van der Waals surface area contributed by atoms with Gasteiger partial charge in [-0.15, -0.1) is 0 Å². The Morgan fingerprint density at radius 1 is 0.935 bits per heavy atom. The molecule has 0 spiro atoms. The van der Waals surface area contributed by atoms with Gasteiger partial charge in [0, 0.05) is 12.1 Å². The van der Waals surface area contributed by atoms with Crippen molar-refractivity contribution in [3.05, 3.63) is 60.2 Å². The molecular weight excluding hydrogens is 412 g/mol. The number of anilines is 1. The number of unbranched alkanes of at least 4 members (excludes halogenated alkanes) is 1. The zero-order valence-electron chi connectivity index (χ0n) is 17.9. The van der Waals surface area contributed by atoms with Crippen molar-refractivity contribution >= 4 is 34.9 Å². The number of aryl methyl sites for hydroxylation is 1. The smallest absolute Gasteiger partial charge is 0.306 e. The lowest BCUT2D eigenvalue weighted by Crippen LogP contribution is -2.34. The van der Waals surface area contributed by atoms with Crippen LogP contribution in [0.2, 0.25) is 0 Å². The van der Waals surface area contributed by atoms with E-state index >= 15 is 0 Å². The van der Waals surface area contributed by atoms with Crippen LogP contribution in [0.1, 0.15) is 44.6 Å². The molecule has 0 saturated heterocycles. The molecule has 2 aromatic rings. The third-order valence-corrected chi connectivity index (χ3v) is 4.61. The summed E-state index contributed by atoms with van der Waals surface area (Å²) in [5.41, 5.74) is 1.95. The number of nitrogens with one attached hydrogen (secondary N) is 2. The van der Waals surface area contributed by atoms with Crippen molar-refractivity contribution in [2.75, 3.05) is 18.5 Å². The lowest BCUT2D eigenvalue weighted by atomic mass is 10.1. The van der Waals surface area contributed by atoms with E-state index in [2.05, 4.69) is 17.6 Å². The number of esters is 1. The number of hydrogen-bond acceptors (Lipinski definition) is 5. The number of carbonyl (C=O) groups is 2. The van der Waals surface area contributed by atoms with Crippen LogP contribution in [0.25, 0.3) is 0 Å². The molecule has 2 rings (SSSR count). The van der Waals surface area contributed by atoms with Crippen LogP contribution in [-0.2, 0) is 20.7 Å². The summed E-state index contributed by atoms with van der Waals surface area (Å²) < 4.78 is 10.8. The van der Waals surface area contributed by atoms with Crippen LogP contribution in [0.5, 0.6) is 5.75 Å². The number of amides is 1. The molecule has 2 N–H and O–H groups in total. The first kappa shape index (κ1) is 24.3. The maximum Gasteiger partial charge on any atom is 0.306 e. The highest BCUT2D eigenvalue weighted by Crippen LogP contribution is 2.16. The minimum Gasteiger partial charge on any atom is -0.494 e. The summed E-state index contributed by atoms with van der Waals surface area (Å²) in [6.07, 6.45) is 3.73. The molecule has 166 valence electrons. The van der Waals surface area contributed by atoms with Gasteiger partial charge in [0.15, 0.2) is 5.11 Å². The van der Waals surface area contributed by atoms with Crippen molar-refractivity contribution in [1.82, 2.24) is 5.32 Å². The van der Waals surface area contributed by atoms with Gasteiger partial charge in [-0.25, -0.2) is 0 Å². The van der Waals surface area contributed by atoms with Crippen molar-refractivity contribution < 1.29 is 19.1 Å². The second-order valence-corrected chi connectivity index (χ2v) is 7.45. The summed E-state index contributed by atoms with van der Waals surface area (Å²) in [7, 11) is 0. The lowest BCUT2D eigenvalue weighted by Gasteiger charge is -2.11. The van der Waals surface area contributed by atoms with Crippen LogP contribution >= 0.6 is 12.2 Å². The average molecular weight is 443 g/mol. The molecule has 0 aliphatic heterocycles. The van der Waals surface area contributed by atoms with Crippen molar-refractivity contribution in [1.29, 1.82) is 0 Å². The highest BCUT2D eigenvalue weighted by Gasteiger charge is 2.10.